The maximum absolute atomic E-state index is 6.00. The third kappa shape index (κ3) is 3.23. The fraction of sp³-hybridized carbons (Fsp3) is 0.200. The predicted octanol–water partition coefficient (Wildman–Crippen LogP) is 4.67. The molecule has 0 bridgehead atoms. The zero-order valence-electron chi connectivity index (χ0n) is 13.9. The molecule has 0 unspecified atom stereocenters. The van der Waals surface area contributed by atoms with Gasteiger partial charge >= 0.3 is 0 Å². The van der Waals surface area contributed by atoms with Crippen LogP contribution in [-0.4, -0.2) is 24.8 Å². The number of rotatable bonds is 4. The quantitative estimate of drug-likeness (QED) is 0.681. The number of anilines is 1. The van der Waals surface area contributed by atoms with Crippen molar-refractivity contribution in [1.29, 1.82) is 0 Å². The summed E-state index contributed by atoms with van der Waals surface area (Å²) in [6, 6.07) is 18.0. The molecule has 4 nitrogen and oxygen atoms in total. The van der Waals surface area contributed by atoms with Crippen LogP contribution in [0.4, 0.5) is 5.69 Å². The van der Waals surface area contributed by atoms with Gasteiger partial charge in [-0.25, -0.2) is 0 Å². The lowest BCUT2D eigenvalue weighted by molar-refractivity contribution is 0.114. The van der Waals surface area contributed by atoms with Crippen LogP contribution in [0.3, 0.4) is 0 Å². The molecule has 4 rings (SSSR count). The minimum Gasteiger partial charge on any atom is -0.497 e. The monoisotopic (exact) mass is 354 g/mol. The maximum atomic E-state index is 6.00. The zero-order valence-corrected chi connectivity index (χ0v) is 14.7. The van der Waals surface area contributed by atoms with Crippen molar-refractivity contribution in [2.24, 2.45) is 0 Å². The summed E-state index contributed by atoms with van der Waals surface area (Å²) in [6.45, 7) is 1.55. The van der Waals surface area contributed by atoms with E-state index in [0.717, 1.165) is 34.3 Å². The summed E-state index contributed by atoms with van der Waals surface area (Å²) in [4.78, 5) is 2.25. The van der Waals surface area contributed by atoms with Crippen molar-refractivity contribution < 1.29 is 9.47 Å². The standard InChI is InChI=1S/C20H19ClN2O2/c1-24-19-4-2-3-18(13-19)23-11-12-25-20(23)15-9-10-22(14-15)17-7-5-16(21)6-8-17/h2-10,13-14,20H,11-12H2,1H3/t20-/m1/s1. The van der Waals surface area contributed by atoms with E-state index in [1.54, 1.807) is 7.11 Å². The van der Waals surface area contributed by atoms with Crippen LogP contribution < -0.4 is 9.64 Å². The van der Waals surface area contributed by atoms with Crippen LogP contribution in [0.15, 0.2) is 67.0 Å². The van der Waals surface area contributed by atoms with E-state index in [1.165, 1.54) is 0 Å². The Morgan fingerprint density at radius 2 is 1.92 bits per heavy atom. The van der Waals surface area contributed by atoms with E-state index in [2.05, 4.69) is 27.8 Å². The summed E-state index contributed by atoms with van der Waals surface area (Å²) in [7, 11) is 1.68. The Hall–Kier alpha value is -2.43. The highest BCUT2D eigenvalue weighted by Crippen LogP contribution is 2.34. The molecule has 1 aliphatic heterocycles. The second-order valence-corrected chi connectivity index (χ2v) is 6.38. The zero-order chi connectivity index (χ0) is 17.2. The van der Waals surface area contributed by atoms with Crippen molar-refractivity contribution in [3.05, 3.63) is 77.6 Å². The molecular weight excluding hydrogens is 336 g/mol. The van der Waals surface area contributed by atoms with Gasteiger partial charge in [-0.15, -0.1) is 0 Å². The van der Waals surface area contributed by atoms with Gasteiger partial charge in [-0.1, -0.05) is 17.7 Å². The van der Waals surface area contributed by atoms with Gasteiger partial charge in [-0.3, -0.25) is 0 Å². The normalized spacial score (nSPS) is 17.0. The van der Waals surface area contributed by atoms with E-state index in [-0.39, 0.29) is 6.23 Å². The highest BCUT2D eigenvalue weighted by Gasteiger charge is 2.28. The summed E-state index contributed by atoms with van der Waals surface area (Å²) >= 11 is 5.97. The van der Waals surface area contributed by atoms with Gasteiger partial charge in [0.05, 0.1) is 13.7 Å². The minimum atomic E-state index is -0.0966. The molecule has 25 heavy (non-hydrogen) atoms. The highest BCUT2D eigenvalue weighted by atomic mass is 35.5. The summed E-state index contributed by atoms with van der Waals surface area (Å²) in [6.07, 6.45) is 4.05. The smallest absolute Gasteiger partial charge is 0.158 e. The van der Waals surface area contributed by atoms with Crippen molar-refractivity contribution in [2.45, 2.75) is 6.23 Å². The SMILES string of the molecule is COc1cccc(N2CCO[C@@H]2c2ccn(-c3ccc(Cl)cc3)c2)c1. The largest absolute Gasteiger partial charge is 0.497 e. The molecule has 3 aromatic rings. The number of hydrogen-bond donors (Lipinski definition) is 0. The number of hydrogen-bond acceptors (Lipinski definition) is 3. The molecule has 0 aliphatic carbocycles. The first kappa shape index (κ1) is 16.1. The molecule has 0 spiro atoms. The van der Waals surface area contributed by atoms with Crippen LogP contribution in [0, 0.1) is 0 Å². The first-order valence-corrected chi connectivity index (χ1v) is 8.58. The van der Waals surface area contributed by atoms with Gasteiger partial charge in [-0.05, 0) is 42.5 Å². The Morgan fingerprint density at radius 3 is 2.72 bits per heavy atom. The molecule has 0 N–H and O–H groups in total. The van der Waals surface area contributed by atoms with Gasteiger partial charge in [-0.2, -0.15) is 0 Å². The van der Waals surface area contributed by atoms with E-state index < -0.39 is 0 Å². The number of halogens is 1. The van der Waals surface area contributed by atoms with Crippen LogP contribution in [-0.2, 0) is 4.74 Å². The molecule has 1 aliphatic rings. The fourth-order valence-corrected chi connectivity index (χ4v) is 3.26. The van der Waals surface area contributed by atoms with Crippen LogP contribution in [0.1, 0.15) is 11.8 Å². The number of benzene rings is 2. The van der Waals surface area contributed by atoms with Gasteiger partial charge in [0.25, 0.3) is 0 Å². The predicted molar refractivity (Wildman–Crippen MR) is 99.8 cm³/mol. The van der Waals surface area contributed by atoms with Gasteiger partial charge in [0.1, 0.15) is 5.75 Å². The van der Waals surface area contributed by atoms with Gasteiger partial charge < -0.3 is 18.9 Å². The Labute approximate surface area is 152 Å². The van der Waals surface area contributed by atoms with E-state index in [4.69, 9.17) is 21.1 Å². The minimum absolute atomic E-state index is 0.0966. The average molecular weight is 355 g/mol. The third-order valence-corrected chi connectivity index (χ3v) is 4.65. The first-order valence-electron chi connectivity index (χ1n) is 8.21. The molecule has 1 aromatic heterocycles. The van der Waals surface area contributed by atoms with Crippen LogP contribution >= 0.6 is 11.6 Å². The lowest BCUT2D eigenvalue weighted by atomic mass is 10.2. The lowest BCUT2D eigenvalue weighted by Crippen LogP contribution is -2.22. The highest BCUT2D eigenvalue weighted by molar-refractivity contribution is 6.30. The average Bonchev–Trinajstić information content (AvgIpc) is 3.31. The topological polar surface area (TPSA) is 26.6 Å². The first-order chi connectivity index (χ1) is 12.2. The van der Waals surface area contributed by atoms with Crippen molar-refractivity contribution in [2.75, 3.05) is 25.2 Å². The van der Waals surface area contributed by atoms with Crippen LogP contribution in [0.2, 0.25) is 5.02 Å². The Balaban J connectivity index is 1.61. The van der Waals surface area contributed by atoms with Crippen molar-refractivity contribution >= 4 is 17.3 Å². The van der Waals surface area contributed by atoms with Gasteiger partial charge in [0.15, 0.2) is 6.23 Å². The summed E-state index contributed by atoms with van der Waals surface area (Å²) in [5.74, 6) is 0.849. The number of ether oxygens (including phenoxy) is 2. The Morgan fingerprint density at radius 1 is 1.08 bits per heavy atom. The fourth-order valence-electron chi connectivity index (χ4n) is 3.13. The molecule has 1 atom stereocenters. The molecule has 0 saturated carbocycles. The maximum Gasteiger partial charge on any atom is 0.158 e. The number of aromatic nitrogens is 1. The molecule has 128 valence electrons. The van der Waals surface area contributed by atoms with Crippen molar-refractivity contribution in [3.8, 4) is 11.4 Å². The molecule has 2 heterocycles. The third-order valence-electron chi connectivity index (χ3n) is 4.40. The van der Waals surface area contributed by atoms with E-state index >= 15 is 0 Å². The summed E-state index contributed by atoms with van der Waals surface area (Å²) in [5.41, 5.74) is 3.29. The molecular formula is C20H19ClN2O2. The second kappa shape index (κ2) is 6.82. The van der Waals surface area contributed by atoms with E-state index in [9.17, 15) is 0 Å². The van der Waals surface area contributed by atoms with E-state index in [1.807, 2.05) is 48.7 Å². The summed E-state index contributed by atoms with van der Waals surface area (Å²) in [5, 5.41) is 0.736. The van der Waals surface area contributed by atoms with Gasteiger partial charge in [0, 0.05) is 47.0 Å². The second-order valence-electron chi connectivity index (χ2n) is 5.95. The molecule has 5 heteroatoms. The number of nitrogens with zero attached hydrogens (tertiary/aromatic N) is 2. The Bertz CT molecular complexity index is 860. The van der Waals surface area contributed by atoms with Crippen molar-refractivity contribution in [1.82, 2.24) is 4.57 Å². The molecule has 0 radical (unpaired) electrons. The van der Waals surface area contributed by atoms with Gasteiger partial charge in [0.2, 0.25) is 0 Å². The molecule has 2 aromatic carbocycles. The molecule has 0 amide bonds. The summed E-state index contributed by atoms with van der Waals surface area (Å²) < 4.78 is 13.4. The number of methoxy groups -OCH3 is 1. The van der Waals surface area contributed by atoms with Crippen LogP contribution in [0.25, 0.3) is 5.69 Å². The lowest BCUT2D eigenvalue weighted by Gasteiger charge is -2.25. The van der Waals surface area contributed by atoms with E-state index in [0.29, 0.717) is 6.61 Å². The molecule has 1 fully saturated rings. The van der Waals surface area contributed by atoms with Crippen molar-refractivity contribution in [3.63, 3.8) is 0 Å². The Kier molecular flexibility index (Phi) is 4.38. The van der Waals surface area contributed by atoms with Crippen LogP contribution in [0.5, 0.6) is 5.75 Å². The molecule has 1 saturated heterocycles.